The van der Waals surface area contributed by atoms with Crippen LogP contribution in [0.3, 0.4) is 0 Å². The van der Waals surface area contributed by atoms with Crippen LogP contribution in [0.15, 0.2) is 84.9 Å². The van der Waals surface area contributed by atoms with Gasteiger partial charge in [-0.15, -0.1) is 0 Å². The normalized spacial score (nSPS) is 14.6. The summed E-state index contributed by atoms with van der Waals surface area (Å²) in [6, 6.07) is 32.5. The molecule has 0 aromatic heterocycles. The van der Waals surface area contributed by atoms with Crippen molar-refractivity contribution in [3.63, 3.8) is 0 Å². The Hall–Kier alpha value is -3.12. The van der Waals surface area contributed by atoms with Crippen molar-refractivity contribution in [1.29, 1.82) is 0 Å². The number of hydrogen-bond donors (Lipinski definition) is 0. The van der Waals surface area contributed by atoms with Gasteiger partial charge in [0.15, 0.2) is 0 Å². The Morgan fingerprint density at radius 1 is 0.452 bits per heavy atom. The molecular weight excluding hydrogens is 372 g/mol. The minimum Gasteiger partial charge on any atom is -0.0619 e. The van der Waals surface area contributed by atoms with E-state index in [0.717, 1.165) is 0 Å². The highest BCUT2D eigenvalue weighted by molar-refractivity contribution is 5.95. The molecule has 2 aliphatic carbocycles. The minimum atomic E-state index is -0.219. The van der Waals surface area contributed by atoms with Gasteiger partial charge in [0.25, 0.3) is 0 Å². The fourth-order valence-corrected chi connectivity index (χ4v) is 5.90. The molecule has 2 aliphatic rings. The maximum Gasteiger partial charge on any atom is 0.0725 e. The average molecular weight is 401 g/mol. The smallest absolute Gasteiger partial charge is 0.0619 e. The monoisotopic (exact) mass is 400 g/mol. The molecule has 6 rings (SSSR count). The molecule has 0 heteroatoms. The molecule has 0 saturated heterocycles. The maximum atomic E-state index is 2.44. The second kappa shape index (κ2) is 6.44. The Morgan fingerprint density at radius 3 is 1.26 bits per heavy atom. The van der Waals surface area contributed by atoms with Crippen LogP contribution in [0, 0.1) is 0 Å². The van der Waals surface area contributed by atoms with E-state index in [0.29, 0.717) is 11.8 Å². The van der Waals surface area contributed by atoms with E-state index in [1.165, 1.54) is 55.6 Å². The summed E-state index contributed by atoms with van der Waals surface area (Å²) in [5, 5.41) is 0. The molecule has 4 aromatic carbocycles. The van der Waals surface area contributed by atoms with Crippen LogP contribution in [0.4, 0.5) is 0 Å². The lowest BCUT2D eigenvalue weighted by Crippen LogP contribution is -2.25. The fourth-order valence-electron chi connectivity index (χ4n) is 5.90. The molecule has 152 valence electrons. The zero-order valence-electron chi connectivity index (χ0n) is 18.7. The first kappa shape index (κ1) is 18.6. The summed E-state index contributed by atoms with van der Waals surface area (Å²) in [4.78, 5) is 0. The van der Waals surface area contributed by atoms with E-state index in [9.17, 15) is 0 Å². The van der Waals surface area contributed by atoms with Crippen molar-refractivity contribution in [3.05, 3.63) is 118 Å². The van der Waals surface area contributed by atoms with Crippen LogP contribution in [-0.4, -0.2) is 0 Å². The fraction of sp³-hybridized carbons (Fsp3) is 0.226. The Balaban J connectivity index is 1.77. The topological polar surface area (TPSA) is 0 Å². The Bertz CT molecular complexity index is 1230. The molecule has 1 spiro atoms. The van der Waals surface area contributed by atoms with Crippen molar-refractivity contribution < 1.29 is 0 Å². The molecule has 0 fully saturated rings. The summed E-state index contributed by atoms with van der Waals surface area (Å²) in [5.74, 6) is 1.04. The van der Waals surface area contributed by atoms with Crippen LogP contribution < -0.4 is 0 Å². The first-order valence-corrected chi connectivity index (χ1v) is 11.5. The van der Waals surface area contributed by atoms with Gasteiger partial charge in [-0.2, -0.15) is 0 Å². The van der Waals surface area contributed by atoms with Gasteiger partial charge in [0.1, 0.15) is 0 Å². The molecule has 0 saturated carbocycles. The number of rotatable bonds is 2. The van der Waals surface area contributed by atoms with Crippen molar-refractivity contribution in [3.8, 4) is 22.3 Å². The maximum absolute atomic E-state index is 2.44. The summed E-state index contributed by atoms with van der Waals surface area (Å²) < 4.78 is 0. The van der Waals surface area contributed by atoms with Crippen molar-refractivity contribution in [2.24, 2.45) is 0 Å². The van der Waals surface area contributed by atoms with Gasteiger partial charge in [-0.3, -0.25) is 0 Å². The predicted molar refractivity (Wildman–Crippen MR) is 131 cm³/mol. The summed E-state index contributed by atoms with van der Waals surface area (Å²) in [6.07, 6.45) is 0. The Morgan fingerprint density at radius 2 is 0.839 bits per heavy atom. The minimum absolute atomic E-state index is 0.219. The van der Waals surface area contributed by atoms with Crippen LogP contribution in [0.2, 0.25) is 0 Å². The quantitative estimate of drug-likeness (QED) is 0.274. The van der Waals surface area contributed by atoms with Crippen LogP contribution in [0.5, 0.6) is 0 Å². The molecule has 0 radical (unpaired) electrons. The van der Waals surface area contributed by atoms with Gasteiger partial charge in [0, 0.05) is 0 Å². The third kappa shape index (κ3) is 2.31. The van der Waals surface area contributed by atoms with Crippen molar-refractivity contribution in [2.75, 3.05) is 0 Å². The average Bonchev–Trinajstić information content (AvgIpc) is 3.25. The molecule has 4 aromatic rings. The summed E-state index contributed by atoms with van der Waals surface area (Å²) in [7, 11) is 0. The zero-order valence-corrected chi connectivity index (χ0v) is 18.7. The lowest BCUT2D eigenvalue weighted by Gasteiger charge is -2.30. The third-order valence-corrected chi connectivity index (χ3v) is 7.47. The summed E-state index contributed by atoms with van der Waals surface area (Å²) in [5.41, 5.74) is 13.9. The van der Waals surface area contributed by atoms with Crippen molar-refractivity contribution in [2.45, 2.75) is 44.9 Å². The van der Waals surface area contributed by atoms with Crippen LogP contribution >= 0.6 is 0 Å². The number of fused-ring (bicyclic) bond motifs is 10. The molecule has 0 heterocycles. The van der Waals surface area contributed by atoms with Gasteiger partial charge < -0.3 is 0 Å². The van der Waals surface area contributed by atoms with Crippen molar-refractivity contribution in [1.82, 2.24) is 0 Å². The lowest BCUT2D eigenvalue weighted by molar-refractivity contribution is 0.788. The first-order chi connectivity index (χ1) is 15.0. The van der Waals surface area contributed by atoms with E-state index < -0.39 is 0 Å². The van der Waals surface area contributed by atoms with Gasteiger partial charge >= 0.3 is 0 Å². The molecule has 0 atom stereocenters. The molecule has 0 aliphatic heterocycles. The highest BCUT2D eigenvalue weighted by atomic mass is 14.5. The van der Waals surface area contributed by atoms with E-state index in [2.05, 4.69) is 113 Å². The second-order valence-corrected chi connectivity index (χ2v) is 9.76. The standard InChI is InChI=1S/C31H28/c1-19(2)21-13-15-29-25(17-21)23-9-5-7-11-27(23)31(29)28-12-8-6-10-24(28)26-18-22(20(3)4)14-16-30(26)31/h5-20H,1-4H3. The van der Waals surface area contributed by atoms with Crippen LogP contribution in [0.25, 0.3) is 22.3 Å². The molecule has 0 nitrogen and oxygen atoms in total. The number of benzene rings is 4. The van der Waals surface area contributed by atoms with E-state index >= 15 is 0 Å². The Labute approximate surface area is 185 Å². The summed E-state index contributed by atoms with van der Waals surface area (Å²) >= 11 is 0. The SMILES string of the molecule is CC(C)c1ccc2c(c1)-c1ccccc1C21c2ccccc2-c2cc(C(C)C)ccc21. The van der Waals surface area contributed by atoms with Gasteiger partial charge in [-0.1, -0.05) is 113 Å². The number of hydrogen-bond acceptors (Lipinski definition) is 0. The predicted octanol–water partition coefficient (Wildman–Crippen LogP) is 8.28. The largest absolute Gasteiger partial charge is 0.0725 e. The van der Waals surface area contributed by atoms with E-state index in [1.54, 1.807) is 0 Å². The molecule has 0 N–H and O–H groups in total. The molecule has 0 bridgehead atoms. The van der Waals surface area contributed by atoms with E-state index in [-0.39, 0.29) is 5.41 Å². The van der Waals surface area contributed by atoms with Gasteiger partial charge in [0.05, 0.1) is 5.41 Å². The highest BCUT2D eigenvalue weighted by Gasteiger charge is 2.51. The molecule has 31 heavy (non-hydrogen) atoms. The Kier molecular flexibility index (Phi) is 3.87. The third-order valence-electron chi connectivity index (χ3n) is 7.47. The molecule has 0 unspecified atom stereocenters. The van der Waals surface area contributed by atoms with Gasteiger partial charge in [0.2, 0.25) is 0 Å². The lowest BCUT2D eigenvalue weighted by atomic mass is 9.70. The van der Waals surface area contributed by atoms with E-state index in [4.69, 9.17) is 0 Å². The summed E-state index contributed by atoms with van der Waals surface area (Å²) in [6.45, 7) is 9.13. The van der Waals surface area contributed by atoms with Crippen molar-refractivity contribution >= 4 is 0 Å². The van der Waals surface area contributed by atoms with Crippen LogP contribution in [0.1, 0.15) is 72.9 Å². The van der Waals surface area contributed by atoms with Crippen LogP contribution in [-0.2, 0) is 5.41 Å². The van der Waals surface area contributed by atoms with Gasteiger partial charge in [-0.25, -0.2) is 0 Å². The zero-order chi connectivity index (χ0) is 21.3. The molecule has 0 amide bonds. The van der Waals surface area contributed by atoms with E-state index in [1.807, 2.05) is 0 Å². The second-order valence-electron chi connectivity index (χ2n) is 9.76. The highest BCUT2D eigenvalue weighted by Crippen LogP contribution is 2.63. The first-order valence-electron chi connectivity index (χ1n) is 11.5. The molecular formula is C31H28. The van der Waals surface area contributed by atoms with Gasteiger partial charge in [-0.05, 0) is 67.5 Å².